The topological polar surface area (TPSA) is 75.8 Å². The van der Waals surface area contributed by atoms with E-state index in [2.05, 4.69) is 4.99 Å². The van der Waals surface area contributed by atoms with E-state index < -0.39 is 6.17 Å². The quantitative estimate of drug-likeness (QED) is 0.876. The third-order valence-electron chi connectivity index (χ3n) is 4.50. The van der Waals surface area contributed by atoms with Crippen molar-refractivity contribution in [3.05, 3.63) is 64.7 Å². The van der Waals surface area contributed by atoms with E-state index in [9.17, 15) is 9.59 Å². The number of hydrogen-bond donors (Lipinski definition) is 1. The molecule has 5 nitrogen and oxygen atoms in total. The number of rotatable bonds is 3. The van der Waals surface area contributed by atoms with E-state index in [1.807, 2.05) is 57.2 Å². The van der Waals surface area contributed by atoms with Crippen molar-refractivity contribution in [2.45, 2.75) is 26.9 Å². The van der Waals surface area contributed by atoms with Crippen molar-refractivity contribution in [3.8, 4) is 0 Å². The Hall–Kier alpha value is -2.79. The molecule has 0 radical (unpaired) electrons. The van der Waals surface area contributed by atoms with Crippen LogP contribution in [0, 0.1) is 13.8 Å². The number of aliphatic imine (C=N–C) groups is 1. The monoisotopic (exact) mass is 335 g/mol. The average Bonchev–Trinajstić information content (AvgIpc) is 2.67. The molecule has 0 spiro atoms. The number of amides is 1. The standard InChI is InChI=1S/C20H21N3O2/c1-12-7-4-5-9-15(12)17(24)11-23-18-13(2)8-6-10-16(18)14(3)22-19(21)20(23)25/h4-10,19H,11,21H2,1-3H3/t19-/m0/s1. The lowest BCUT2D eigenvalue weighted by molar-refractivity contribution is -0.119. The van der Waals surface area contributed by atoms with E-state index in [0.29, 0.717) is 17.0 Å². The van der Waals surface area contributed by atoms with Crippen molar-refractivity contribution < 1.29 is 9.59 Å². The fourth-order valence-electron chi connectivity index (χ4n) is 3.18. The number of aryl methyl sites for hydroxylation is 2. The second kappa shape index (κ2) is 6.61. The molecule has 2 N–H and O–H groups in total. The van der Waals surface area contributed by atoms with Gasteiger partial charge < -0.3 is 10.6 Å². The Kier molecular flexibility index (Phi) is 4.51. The van der Waals surface area contributed by atoms with Crippen molar-refractivity contribution in [2.75, 3.05) is 11.4 Å². The fraction of sp³-hybridized carbons (Fsp3) is 0.250. The molecule has 0 aliphatic carbocycles. The van der Waals surface area contributed by atoms with E-state index in [1.54, 1.807) is 6.07 Å². The van der Waals surface area contributed by atoms with Gasteiger partial charge in [0.25, 0.3) is 5.91 Å². The van der Waals surface area contributed by atoms with Crippen molar-refractivity contribution in [1.29, 1.82) is 0 Å². The van der Waals surface area contributed by atoms with Crippen LogP contribution in [0.3, 0.4) is 0 Å². The van der Waals surface area contributed by atoms with E-state index in [0.717, 1.165) is 16.7 Å². The molecule has 1 aliphatic rings. The first-order valence-corrected chi connectivity index (χ1v) is 8.20. The number of para-hydroxylation sites is 1. The highest BCUT2D eigenvalue weighted by molar-refractivity contribution is 6.15. The highest BCUT2D eigenvalue weighted by Gasteiger charge is 2.31. The molecule has 1 amide bonds. The van der Waals surface area contributed by atoms with Crippen LogP contribution in [0.2, 0.25) is 0 Å². The second-order valence-corrected chi connectivity index (χ2v) is 6.29. The molecule has 2 aromatic rings. The van der Waals surface area contributed by atoms with Crippen LogP contribution in [-0.2, 0) is 4.79 Å². The first-order valence-electron chi connectivity index (χ1n) is 8.20. The number of nitrogens with two attached hydrogens (primary N) is 1. The summed E-state index contributed by atoms with van der Waals surface area (Å²) >= 11 is 0. The number of benzodiazepines with no additional fused rings is 1. The van der Waals surface area contributed by atoms with Crippen LogP contribution in [0.5, 0.6) is 0 Å². The molecular weight excluding hydrogens is 314 g/mol. The Morgan fingerprint density at radius 3 is 2.48 bits per heavy atom. The number of carbonyl (C=O) groups excluding carboxylic acids is 2. The number of hydrogen-bond acceptors (Lipinski definition) is 4. The molecule has 0 saturated carbocycles. The zero-order valence-corrected chi connectivity index (χ0v) is 14.6. The van der Waals surface area contributed by atoms with Gasteiger partial charge in [0.1, 0.15) is 0 Å². The molecule has 128 valence electrons. The van der Waals surface area contributed by atoms with Gasteiger partial charge in [0.05, 0.1) is 12.2 Å². The van der Waals surface area contributed by atoms with Gasteiger partial charge in [-0.15, -0.1) is 0 Å². The lowest BCUT2D eigenvalue weighted by Crippen LogP contribution is -2.45. The van der Waals surface area contributed by atoms with Crippen LogP contribution in [0.4, 0.5) is 5.69 Å². The normalized spacial score (nSPS) is 17.0. The molecule has 0 fully saturated rings. The molecule has 3 rings (SSSR count). The minimum Gasteiger partial charge on any atom is -0.302 e. The van der Waals surface area contributed by atoms with Gasteiger partial charge in [-0.05, 0) is 31.9 Å². The highest BCUT2D eigenvalue weighted by Crippen LogP contribution is 2.29. The number of Topliss-reactive ketones (excluding diaryl/α,β-unsaturated/α-hetero) is 1. The zero-order valence-electron chi connectivity index (χ0n) is 14.6. The molecule has 0 unspecified atom stereocenters. The molecule has 0 saturated heterocycles. The van der Waals surface area contributed by atoms with E-state index in [-0.39, 0.29) is 18.2 Å². The Balaban J connectivity index is 2.06. The smallest absolute Gasteiger partial charge is 0.266 e. The van der Waals surface area contributed by atoms with Crippen molar-refractivity contribution in [3.63, 3.8) is 0 Å². The molecular formula is C20H21N3O2. The van der Waals surface area contributed by atoms with Crippen molar-refractivity contribution in [2.24, 2.45) is 10.7 Å². The molecule has 0 bridgehead atoms. The van der Waals surface area contributed by atoms with Gasteiger partial charge >= 0.3 is 0 Å². The Labute approximate surface area is 147 Å². The molecule has 1 aliphatic heterocycles. The first-order chi connectivity index (χ1) is 11.9. The predicted molar refractivity (Wildman–Crippen MR) is 99.2 cm³/mol. The number of carbonyl (C=O) groups is 2. The van der Waals surface area contributed by atoms with Gasteiger partial charge in [-0.2, -0.15) is 0 Å². The lowest BCUT2D eigenvalue weighted by atomic mass is 10.0. The van der Waals surface area contributed by atoms with Gasteiger partial charge in [0, 0.05) is 16.8 Å². The van der Waals surface area contributed by atoms with Gasteiger partial charge in [-0.3, -0.25) is 14.6 Å². The molecule has 25 heavy (non-hydrogen) atoms. The summed E-state index contributed by atoms with van der Waals surface area (Å²) in [5, 5.41) is 0. The summed E-state index contributed by atoms with van der Waals surface area (Å²) in [6, 6.07) is 13.1. The number of benzene rings is 2. The van der Waals surface area contributed by atoms with Gasteiger partial charge in [0.2, 0.25) is 0 Å². The zero-order chi connectivity index (χ0) is 18.1. The van der Waals surface area contributed by atoms with Crippen molar-refractivity contribution in [1.82, 2.24) is 0 Å². The molecule has 0 aromatic heterocycles. The molecule has 1 heterocycles. The van der Waals surface area contributed by atoms with Crippen molar-refractivity contribution >= 4 is 23.1 Å². The summed E-state index contributed by atoms with van der Waals surface area (Å²) < 4.78 is 0. The maximum atomic E-state index is 12.8. The summed E-state index contributed by atoms with van der Waals surface area (Å²) in [5.74, 6) is -0.484. The summed E-state index contributed by atoms with van der Waals surface area (Å²) in [6.07, 6.45) is -1.00. The molecule has 5 heteroatoms. The van der Waals surface area contributed by atoms with E-state index in [1.165, 1.54) is 4.90 Å². The molecule has 1 atom stereocenters. The summed E-state index contributed by atoms with van der Waals surface area (Å²) in [4.78, 5) is 31.4. The Morgan fingerprint density at radius 2 is 1.76 bits per heavy atom. The third kappa shape index (κ3) is 3.10. The summed E-state index contributed by atoms with van der Waals surface area (Å²) in [6.45, 7) is 5.58. The summed E-state index contributed by atoms with van der Waals surface area (Å²) in [7, 11) is 0. The average molecular weight is 335 g/mol. The van der Waals surface area contributed by atoms with Crippen LogP contribution in [0.25, 0.3) is 0 Å². The van der Waals surface area contributed by atoms with Crippen LogP contribution in [-0.4, -0.2) is 30.1 Å². The second-order valence-electron chi connectivity index (χ2n) is 6.29. The number of fused-ring (bicyclic) bond motifs is 1. The minimum atomic E-state index is -1.00. The fourth-order valence-corrected chi connectivity index (χ4v) is 3.18. The van der Waals surface area contributed by atoms with Gasteiger partial charge in [0.15, 0.2) is 11.9 Å². The number of ketones is 1. The minimum absolute atomic E-state index is 0.0575. The van der Waals surface area contributed by atoms with Crippen LogP contribution < -0.4 is 10.6 Å². The highest BCUT2D eigenvalue weighted by atomic mass is 16.2. The van der Waals surface area contributed by atoms with Gasteiger partial charge in [-0.25, -0.2) is 0 Å². The van der Waals surface area contributed by atoms with Gasteiger partial charge in [-0.1, -0.05) is 42.5 Å². The van der Waals surface area contributed by atoms with Crippen LogP contribution in [0.15, 0.2) is 47.5 Å². The van der Waals surface area contributed by atoms with E-state index in [4.69, 9.17) is 5.73 Å². The maximum Gasteiger partial charge on any atom is 0.266 e. The Bertz CT molecular complexity index is 886. The maximum absolute atomic E-state index is 12.8. The lowest BCUT2D eigenvalue weighted by Gasteiger charge is -2.25. The number of anilines is 1. The predicted octanol–water partition coefficient (Wildman–Crippen LogP) is 2.63. The Morgan fingerprint density at radius 1 is 1.08 bits per heavy atom. The molecule has 2 aromatic carbocycles. The number of nitrogens with zero attached hydrogens (tertiary/aromatic N) is 2. The SMILES string of the molecule is CC1=N[C@H](N)C(=O)N(CC(=O)c2ccccc2C)c2c(C)cccc21. The first kappa shape index (κ1) is 17.0. The summed E-state index contributed by atoms with van der Waals surface area (Å²) in [5.41, 5.74) is 10.6. The largest absolute Gasteiger partial charge is 0.302 e. The van der Waals surface area contributed by atoms with E-state index >= 15 is 0 Å². The van der Waals surface area contributed by atoms with Crippen LogP contribution >= 0.6 is 0 Å². The third-order valence-corrected chi connectivity index (χ3v) is 4.50. The van der Waals surface area contributed by atoms with Crippen LogP contribution in [0.1, 0.15) is 34.0 Å².